The maximum Gasteiger partial charge on any atom is 0.434 e. The van der Waals surface area contributed by atoms with E-state index in [4.69, 9.17) is 5.11 Å². The number of hydrogen-bond donors (Lipinski definition) is 1. The van der Waals surface area contributed by atoms with Gasteiger partial charge in [-0.2, -0.15) is 18.3 Å². The van der Waals surface area contributed by atoms with Crippen LogP contribution in [0.2, 0.25) is 0 Å². The fourth-order valence-electron chi connectivity index (χ4n) is 1.71. The molecule has 0 fully saturated rings. The summed E-state index contributed by atoms with van der Waals surface area (Å²) in [4.78, 5) is 10.4. The second-order valence-corrected chi connectivity index (χ2v) is 4.01. The van der Waals surface area contributed by atoms with Gasteiger partial charge >= 0.3 is 12.1 Å². The second-order valence-electron chi connectivity index (χ2n) is 4.01. The number of aliphatic carboxylic acids is 1. The number of nitrogens with zero attached hydrogens (tertiary/aromatic N) is 2. The summed E-state index contributed by atoms with van der Waals surface area (Å²) in [5, 5.41) is 12.1. The Morgan fingerprint density at radius 1 is 1.24 bits per heavy atom. The monoisotopic (exact) mass is 300 g/mol. The van der Waals surface area contributed by atoms with Gasteiger partial charge in [0.2, 0.25) is 0 Å². The van der Waals surface area contributed by atoms with E-state index in [0.29, 0.717) is 10.8 Å². The second kappa shape index (κ2) is 5.39. The summed E-state index contributed by atoms with van der Waals surface area (Å²) >= 11 is 0. The zero-order valence-corrected chi connectivity index (χ0v) is 10.3. The van der Waals surface area contributed by atoms with Crippen molar-refractivity contribution in [2.24, 2.45) is 0 Å². The van der Waals surface area contributed by atoms with Crippen LogP contribution in [0.25, 0.3) is 11.8 Å². The zero-order chi connectivity index (χ0) is 15.6. The zero-order valence-electron chi connectivity index (χ0n) is 10.3. The maximum absolute atomic E-state index is 13.1. The average molecular weight is 300 g/mol. The summed E-state index contributed by atoms with van der Waals surface area (Å²) in [6.45, 7) is 0. The van der Waals surface area contributed by atoms with Crippen molar-refractivity contribution < 1.29 is 27.5 Å². The van der Waals surface area contributed by atoms with E-state index in [-0.39, 0.29) is 5.69 Å². The van der Waals surface area contributed by atoms with Gasteiger partial charge in [-0.25, -0.2) is 13.9 Å². The number of carbonyl (C=O) groups is 1. The minimum atomic E-state index is -4.75. The van der Waals surface area contributed by atoms with Gasteiger partial charge in [-0.15, -0.1) is 0 Å². The van der Waals surface area contributed by atoms with E-state index >= 15 is 0 Å². The van der Waals surface area contributed by atoms with Crippen LogP contribution in [0.4, 0.5) is 17.6 Å². The molecule has 0 amide bonds. The lowest BCUT2D eigenvalue weighted by Gasteiger charge is -2.11. The van der Waals surface area contributed by atoms with Gasteiger partial charge in [0.25, 0.3) is 0 Å². The van der Waals surface area contributed by atoms with Crippen LogP contribution in [0.1, 0.15) is 11.3 Å². The molecule has 0 spiro atoms. The number of benzene rings is 1. The van der Waals surface area contributed by atoms with Crippen molar-refractivity contribution in [3.05, 3.63) is 53.6 Å². The lowest BCUT2D eigenvalue weighted by molar-refractivity contribution is -0.143. The van der Waals surface area contributed by atoms with E-state index in [9.17, 15) is 22.4 Å². The SMILES string of the molecule is O=C(O)/C=C/c1cnn(-c2ccc(F)cc2)c1C(F)(F)F. The van der Waals surface area contributed by atoms with E-state index in [1.807, 2.05) is 0 Å². The van der Waals surface area contributed by atoms with Crippen LogP contribution in [-0.2, 0) is 11.0 Å². The molecule has 0 atom stereocenters. The molecule has 1 aromatic heterocycles. The Kier molecular flexibility index (Phi) is 3.79. The van der Waals surface area contributed by atoms with Crippen molar-refractivity contribution in [1.82, 2.24) is 9.78 Å². The summed E-state index contributed by atoms with van der Waals surface area (Å²) in [5.74, 6) is -1.97. The van der Waals surface area contributed by atoms with E-state index in [1.54, 1.807) is 0 Å². The van der Waals surface area contributed by atoms with Crippen LogP contribution >= 0.6 is 0 Å². The molecule has 0 bridgehead atoms. The average Bonchev–Trinajstić information content (AvgIpc) is 2.81. The number of halogens is 4. The first-order chi connectivity index (χ1) is 9.79. The summed E-state index contributed by atoms with van der Waals surface area (Å²) in [7, 11) is 0. The third-order valence-electron chi connectivity index (χ3n) is 2.54. The van der Waals surface area contributed by atoms with Gasteiger partial charge < -0.3 is 5.11 Å². The highest BCUT2D eigenvalue weighted by Gasteiger charge is 2.38. The minimum Gasteiger partial charge on any atom is -0.478 e. The molecule has 0 aliphatic heterocycles. The third kappa shape index (κ3) is 3.28. The Hall–Kier alpha value is -2.64. The van der Waals surface area contributed by atoms with Crippen LogP contribution in [0.5, 0.6) is 0 Å². The van der Waals surface area contributed by atoms with Crippen molar-refractivity contribution in [3.8, 4) is 5.69 Å². The van der Waals surface area contributed by atoms with Gasteiger partial charge in [0.15, 0.2) is 5.69 Å². The van der Waals surface area contributed by atoms with Crippen molar-refractivity contribution in [1.29, 1.82) is 0 Å². The Morgan fingerprint density at radius 2 is 1.86 bits per heavy atom. The predicted octanol–water partition coefficient (Wildman–Crippen LogP) is 3.13. The fourth-order valence-corrected chi connectivity index (χ4v) is 1.71. The molecule has 1 heterocycles. The number of carboxylic acid groups (broad SMARTS) is 1. The molecule has 0 aliphatic rings. The molecule has 0 radical (unpaired) electrons. The molecule has 0 aliphatic carbocycles. The number of carboxylic acids is 1. The van der Waals surface area contributed by atoms with Crippen LogP contribution < -0.4 is 0 Å². The molecule has 1 aromatic carbocycles. The molecule has 0 unspecified atom stereocenters. The number of rotatable bonds is 3. The van der Waals surface area contributed by atoms with Gasteiger partial charge in [-0.3, -0.25) is 0 Å². The largest absolute Gasteiger partial charge is 0.478 e. The van der Waals surface area contributed by atoms with Gasteiger partial charge in [0, 0.05) is 11.6 Å². The highest BCUT2D eigenvalue weighted by atomic mass is 19.4. The smallest absolute Gasteiger partial charge is 0.434 e. The first kappa shape index (κ1) is 14.8. The third-order valence-corrected chi connectivity index (χ3v) is 2.54. The highest BCUT2D eigenvalue weighted by molar-refractivity contribution is 5.85. The van der Waals surface area contributed by atoms with Crippen LogP contribution in [0, 0.1) is 5.82 Å². The molecule has 0 saturated heterocycles. The minimum absolute atomic E-state index is 0.0127. The van der Waals surface area contributed by atoms with Crippen molar-refractivity contribution in [3.63, 3.8) is 0 Å². The molecule has 2 rings (SSSR count). The molecule has 0 saturated carbocycles. The summed E-state index contributed by atoms with van der Waals surface area (Å²) in [5.41, 5.74) is -1.51. The first-order valence-corrected chi connectivity index (χ1v) is 5.61. The standard InChI is InChI=1S/C13H8F4N2O2/c14-9-2-4-10(5-3-9)19-12(13(15,16)17)8(7-18-19)1-6-11(20)21/h1-7H,(H,20,21)/b6-1+. The molecule has 8 heteroatoms. The quantitative estimate of drug-likeness (QED) is 0.700. The number of aromatic nitrogens is 2. The van der Waals surface area contributed by atoms with E-state index in [2.05, 4.69) is 5.10 Å². The normalized spacial score (nSPS) is 12.0. The number of alkyl halides is 3. The Balaban J connectivity index is 2.57. The van der Waals surface area contributed by atoms with Gasteiger partial charge in [-0.1, -0.05) is 0 Å². The first-order valence-electron chi connectivity index (χ1n) is 5.61. The van der Waals surface area contributed by atoms with Crippen molar-refractivity contribution >= 4 is 12.0 Å². The lowest BCUT2D eigenvalue weighted by atomic mass is 10.2. The van der Waals surface area contributed by atoms with Crippen molar-refractivity contribution in [2.75, 3.05) is 0 Å². The van der Waals surface area contributed by atoms with E-state index < -0.39 is 29.2 Å². The predicted molar refractivity (Wildman–Crippen MR) is 65.2 cm³/mol. The summed E-state index contributed by atoms with van der Waals surface area (Å²) < 4.78 is 52.8. The molecular weight excluding hydrogens is 292 g/mol. The fraction of sp³-hybridized carbons (Fsp3) is 0.0769. The molecule has 4 nitrogen and oxygen atoms in total. The molecule has 21 heavy (non-hydrogen) atoms. The van der Waals surface area contributed by atoms with E-state index in [0.717, 1.165) is 36.5 Å². The van der Waals surface area contributed by atoms with Crippen LogP contribution in [0.3, 0.4) is 0 Å². The summed E-state index contributed by atoms with van der Waals surface area (Å²) in [6, 6.07) is 4.29. The summed E-state index contributed by atoms with van der Waals surface area (Å²) in [6.07, 6.45) is -2.46. The maximum atomic E-state index is 13.1. The van der Waals surface area contributed by atoms with Crippen LogP contribution in [0.15, 0.2) is 36.5 Å². The lowest BCUT2D eigenvalue weighted by Crippen LogP contribution is -2.14. The Morgan fingerprint density at radius 3 is 2.38 bits per heavy atom. The Labute approximate surface area is 115 Å². The number of hydrogen-bond acceptors (Lipinski definition) is 2. The molecule has 2 aromatic rings. The highest BCUT2D eigenvalue weighted by Crippen LogP contribution is 2.34. The molecule has 110 valence electrons. The van der Waals surface area contributed by atoms with E-state index in [1.165, 1.54) is 0 Å². The van der Waals surface area contributed by atoms with Gasteiger partial charge in [-0.05, 0) is 30.3 Å². The van der Waals surface area contributed by atoms with Crippen molar-refractivity contribution in [2.45, 2.75) is 6.18 Å². The van der Waals surface area contributed by atoms with Crippen LogP contribution in [-0.4, -0.2) is 20.9 Å². The van der Waals surface area contributed by atoms with Gasteiger partial charge in [0.1, 0.15) is 5.82 Å². The molecular formula is C13H8F4N2O2. The topological polar surface area (TPSA) is 55.1 Å². The Bertz CT molecular complexity index is 687. The van der Waals surface area contributed by atoms with Gasteiger partial charge in [0.05, 0.1) is 11.9 Å². The molecule has 1 N–H and O–H groups in total.